The maximum absolute atomic E-state index is 12.9. The minimum absolute atomic E-state index is 0.0818. The largest absolute Gasteiger partial charge is 0.361 e. The van der Waals surface area contributed by atoms with E-state index in [1.807, 2.05) is 78.5 Å². The number of carbonyl (C=O) groups excluding carboxylic acids is 1. The zero-order chi connectivity index (χ0) is 20.2. The van der Waals surface area contributed by atoms with Gasteiger partial charge in [0.05, 0.1) is 0 Å². The van der Waals surface area contributed by atoms with Gasteiger partial charge in [0.15, 0.2) is 11.6 Å². The number of piperazine rings is 1. The molecule has 0 spiro atoms. The van der Waals surface area contributed by atoms with Crippen molar-refractivity contribution in [2.45, 2.75) is 0 Å². The van der Waals surface area contributed by atoms with Crippen LogP contribution in [0.15, 0.2) is 66.7 Å². The number of hydrogen-bond donors (Lipinski definition) is 0. The number of aromatic nitrogens is 2. The lowest BCUT2D eigenvalue weighted by Gasteiger charge is -2.35. The van der Waals surface area contributed by atoms with E-state index in [1.165, 1.54) is 0 Å². The molecule has 3 aromatic rings. The molecule has 29 heavy (non-hydrogen) atoms. The molecule has 0 saturated carbocycles. The number of benzene rings is 2. The predicted octanol–water partition coefficient (Wildman–Crippen LogP) is 3.17. The van der Waals surface area contributed by atoms with E-state index < -0.39 is 0 Å². The standard InChI is InChI=1S/C23H25N5O/c1-26(2)21-12-13-22(25-24-21)27-14-16-28(17-15-27)23(29)20-10-8-19(9-11-20)18-6-4-3-5-7-18/h3-13H,14-17H2,1-2H3. The van der Waals surface area contributed by atoms with Gasteiger partial charge < -0.3 is 14.7 Å². The molecule has 0 radical (unpaired) electrons. The summed E-state index contributed by atoms with van der Waals surface area (Å²) in [6.07, 6.45) is 0. The Morgan fingerprint density at radius 2 is 1.45 bits per heavy atom. The van der Waals surface area contributed by atoms with E-state index in [1.54, 1.807) is 0 Å². The molecule has 0 aliphatic carbocycles. The van der Waals surface area contributed by atoms with Crippen LogP contribution in [-0.2, 0) is 0 Å². The van der Waals surface area contributed by atoms with Crippen LogP contribution in [0.3, 0.4) is 0 Å². The topological polar surface area (TPSA) is 52.6 Å². The maximum atomic E-state index is 12.9. The number of carbonyl (C=O) groups is 1. The number of nitrogens with zero attached hydrogens (tertiary/aromatic N) is 5. The third-order valence-electron chi connectivity index (χ3n) is 5.22. The summed E-state index contributed by atoms with van der Waals surface area (Å²) < 4.78 is 0. The first-order valence-corrected chi connectivity index (χ1v) is 9.82. The third-order valence-corrected chi connectivity index (χ3v) is 5.22. The lowest BCUT2D eigenvalue weighted by molar-refractivity contribution is 0.0746. The molecular weight excluding hydrogens is 362 g/mol. The van der Waals surface area contributed by atoms with Crippen LogP contribution in [0.5, 0.6) is 0 Å². The molecule has 1 aromatic heterocycles. The molecule has 6 nitrogen and oxygen atoms in total. The second kappa shape index (κ2) is 8.31. The van der Waals surface area contributed by atoms with Crippen molar-refractivity contribution in [2.75, 3.05) is 50.1 Å². The van der Waals surface area contributed by atoms with Crippen LogP contribution in [0.2, 0.25) is 0 Å². The molecule has 1 amide bonds. The summed E-state index contributed by atoms with van der Waals surface area (Å²) in [6, 6.07) is 22.0. The average molecular weight is 387 g/mol. The molecule has 148 valence electrons. The Morgan fingerprint density at radius 1 is 0.793 bits per heavy atom. The van der Waals surface area contributed by atoms with Gasteiger partial charge in [0.25, 0.3) is 5.91 Å². The molecule has 6 heteroatoms. The zero-order valence-electron chi connectivity index (χ0n) is 16.8. The minimum Gasteiger partial charge on any atom is -0.361 e. The van der Waals surface area contributed by atoms with Gasteiger partial charge in [-0.2, -0.15) is 0 Å². The number of amides is 1. The lowest BCUT2D eigenvalue weighted by atomic mass is 10.0. The van der Waals surface area contributed by atoms with E-state index in [2.05, 4.69) is 27.2 Å². The fourth-order valence-corrected chi connectivity index (χ4v) is 3.48. The first kappa shape index (κ1) is 18.9. The Bertz CT molecular complexity index is 947. The van der Waals surface area contributed by atoms with Crippen LogP contribution < -0.4 is 9.80 Å². The fraction of sp³-hybridized carbons (Fsp3) is 0.261. The summed E-state index contributed by atoms with van der Waals surface area (Å²) in [6.45, 7) is 2.86. The van der Waals surface area contributed by atoms with Crippen LogP contribution in [0.25, 0.3) is 11.1 Å². The average Bonchev–Trinajstić information content (AvgIpc) is 2.79. The van der Waals surface area contributed by atoms with Crippen molar-refractivity contribution in [3.05, 3.63) is 72.3 Å². The van der Waals surface area contributed by atoms with Gasteiger partial charge in [0.1, 0.15) is 0 Å². The Kier molecular flexibility index (Phi) is 5.42. The van der Waals surface area contributed by atoms with Gasteiger partial charge in [-0.25, -0.2) is 0 Å². The number of hydrogen-bond acceptors (Lipinski definition) is 5. The molecule has 0 atom stereocenters. The van der Waals surface area contributed by atoms with Crippen molar-refractivity contribution in [3.8, 4) is 11.1 Å². The van der Waals surface area contributed by atoms with Gasteiger partial charge in [0, 0.05) is 45.8 Å². The van der Waals surface area contributed by atoms with Gasteiger partial charge in [-0.1, -0.05) is 42.5 Å². The van der Waals surface area contributed by atoms with Crippen molar-refractivity contribution < 1.29 is 4.79 Å². The molecule has 2 heterocycles. The van der Waals surface area contributed by atoms with Gasteiger partial charge >= 0.3 is 0 Å². The SMILES string of the molecule is CN(C)c1ccc(N2CCN(C(=O)c3ccc(-c4ccccc4)cc3)CC2)nn1. The van der Waals surface area contributed by atoms with E-state index in [-0.39, 0.29) is 5.91 Å². The van der Waals surface area contributed by atoms with Gasteiger partial charge in [-0.3, -0.25) is 4.79 Å². The van der Waals surface area contributed by atoms with Gasteiger partial charge in [0.2, 0.25) is 0 Å². The fourth-order valence-electron chi connectivity index (χ4n) is 3.48. The van der Waals surface area contributed by atoms with Crippen LogP contribution >= 0.6 is 0 Å². The monoisotopic (exact) mass is 387 g/mol. The summed E-state index contributed by atoms with van der Waals surface area (Å²) in [4.78, 5) is 18.9. The maximum Gasteiger partial charge on any atom is 0.253 e. The van der Waals surface area contributed by atoms with Crippen molar-refractivity contribution in [3.63, 3.8) is 0 Å². The molecule has 0 N–H and O–H groups in total. The molecule has 1 saturated heterocycles. The van der Waals surface area contributed by atoms with Gasteiger partial charge in [-0.05, 0) is 35.4 Å². The van der Waals surface area contributed by atoms with Crippen molar-refractivity contribution in [1.82, 2.24) is 15.1 Å². The van der Waals surface area contributed by atoms with E-state index in [0.29, 0.717) is 13.1 Å². The van der Waals surface area contributed by atoms with E-state index >= 15 is 0 Å². The van der Waals surface area contributed by atoms with E-state index in [9.17, 15) is 4.79 Å². The Labute approximate surface area is 171 Å². The summed E-state index contributed by atoms with van der Waals surface area (Å²) in [5.74, 6) is 1.77. The second-order valence-electron chi connectivity index (χ2n) is 7.37. The molecule has 0 unspecified atom stereocenters. The molecular formula is C23H25N5O. The highest BCUT2D eigenvalue weighted by Crippen LogP contribution is 2.21. The number of anilines is 2. The second-order valence-corrected chi connectivity index (χ2v) is 7.37. The normalized spacial score (nSPS) is 14.0. The van der Waals surface area contributed by atoms with Crippen LogP contribution in [-0.4, -0.2) is 61.3 Å². The Hall–Kier alpha value is -3.41. The summed E-state index contributed by atoms with van der Waals surface area (Å²) in [7, 11) is 3.89. The Balaban J connectivity index is 1.37. The summed E-state index contributed by atoms with van der Waals surface area (Å²) >= 11 is 0. The Morgan fingerprint density at radius 3 is 2.03 bits per heavy atom. The first-order valence-electron chi connectivity index (χ1n) is 9.82. The smallest absolute Gasteiger partial charge is 0.253 e. The summed E-state index contributed by atoms with van der Waals surface area (Å²) in [5.41, 5.74) is 3.00. The molecule has 1 aliphatic heterocycles. The van der Waals surface area contributed by atoms with Crippen LogP contribution in [0, 0.1) is 0 Å². The quantitative estimate of drug-likeness (QED) is 0.688. The van der Waals surface area contributed by atoms with E-state index in [4.69, 9.17) is 0 Å². The first-order chi connectivity index (χ1) is 14.1. The lowest BCUT2D eigenvalue weighted by Crippen LogP contribution is -2.49. The molecule has 4 rings (SSSR count). The molecule has 1 fully saturated rings. The predicted molar refractivity (Wildman–Crippen MR) is 116 cm³/mol. The molecule has 2 aromatic carbocycles. The highest BCUT2D eigenvalue weighted by molar-refractivity contribution is 5.94. The van der Waals surface area contributed by atoms with E-state index in [0.717, 1.165) is 41.4 Å². The van der Waals surface area contributed by atoms with Crippen molar-refractivity contribution in [2.24, 2.45) is 0 Å². The summed E-state index contributed by atoms with van der Waals surface area (Å²) in [5, 5.41) is 8.56. The van der Waals surface area contributed by atoms with Crippen molar-refractivity contribution in [1.29, 1.82) is 0 Å². The molecule has 1 aliphatic rings. The highest BCUT2D eigenvalue weighted by Gasteiger charge is 2.23. The third kappa shape index (κ3) is 4.21. The van der Waals surface area contributed by atoms with Gasteiger partial charge in [-0.15, -0.1) is 10.2 Å². The van der Waals surface area contributed by atoms with Crippen molar-refractivity contribution >= 4 is 17.5 Å². The number of rotatable bonds is 4. The van der Waals surface area contributed by atoms with Crippen LogP contribution in [0.1, 0.15) is 10.4 Å². The minimum atomic E-state index is 0.0818. The molecule has 0 bridgehead atoms. The zero-order valence-corrected chi connectivity index (χ0v) is 16.8. The highest BCUT2D eigenvalue weighted by atomic mass is 16.2. The van der Waals surface area contributed by atoms with Crippen LogP contribution in [0.4, 0.5) is 11.6 Å².